The third-order valence-corrected chi connectivity index (χ3v) is 2.60. The van der Waals surface area contributed by atoms with Gasteiger partial charge in [0.1, 0.15) is 0 Å². The van der Waals surface area contributed by atoms with Gasteiger partial charge in [-0.3, -0.25) is 9.78 Å². The summed E-state index contributed by atoms with van der Waals surface area (Å²) >= 11 is 0. The van der Waals surface area contributed by atoms with E-state index in [0.29, 0.717) is 17.8 Å². The Morgan fingerprint density at radius 2 is 2.00 bits per heavy atom. The van der Waals surface area contributed by atoms with E-state index in [4.69, 9.17) is 5.73 Å². The number of carbonyl (C=O) groups is 1. The predicted molar refractivity (Wildman–Crippen MR) is 71.3 cm³/mol. The molecular formula is C14H15N3O. The fraction of sp³-hybridized carbons (Fsp3) is 0.143. The van der Waals surface area contributed by atoms with Crippen molar-refractivity contribution in [3.05, 3.63) is 59.4 Å². The van der Waals surface area contributed by atoms with Gasteiger partial charge in [0.05, 0.1) is 5.69 Å². The second-order valence-corrected chi connectivity index (χ2v) is 4.06. The average Bonchev–Trinajstić information content (AvgIpc) is 2.41. The molecule has 18 heavy (non-hydrogen) atoms. The van der Waals surface area contributed by atoms with Crippen molar-refractivity contribution < 1.29 is 4.79 Å². The Labute approximate surface area is 106 Å². The normalized spacial score (nSPS) is 10.1. The first kappa shape index (κ1) is 12.3. The van der Waals surface area contributed by atoms with E-state index in [2.05, 4.69) is 10.3 Å². The number of aryl methyl sites for hydroxylation is 1. The Hall–Kier alpha value is -2.20. The lowest BCUT2D eigenvalue weighted by Crippen LogP contribution is -2.13. The van der Waals surface area contributed by atoms with E-state index >= 15 is 0 Å². The van der Waals surface area contributed by atoms with Crippen molar-refractivity contribution in [3.8, 4) is 0 Å². The van der Waals surface area contributed by atoms with Crippen LogP contribution in [0.4, 0.5) is 5.69 Å². The van der Waals surface area contributed by atoms with E-state index in [1.807, 2.05) is 31.2 Å². The van der Waals surface area contributed by atoms with Gasteiger partial charge in [0.2, 0.25) is 0 Å². The number of anilines is 1. The summed E-state index contributed by atoms with van der Waals surface area (Å²) in [6, 6.07) is 11.0. The van der Waals surface area contributed by atoms with Crippen LogP contribution in [0.25, 0.3) is 0 Å². The van der Waals surface area contributed by atoms with E-state index in [-0.39, 0.29) is 5.91 Å². The van der Waals surface area contributed by atoms with Crippen molar-refractivity contribution in [1.82, 2.24) is 4.98 Å². The van der Waals surface area contributed by atoms with Gasteiger partial charge in [-0.1, -0.05) is 17.7 Å². The first-order valence-corrected chi connectivity index (χ1v) is 5.72. The number of aromatic nitrogens is 1. The van der Waals surface area contributed by atoms with Crippen molar-refractivity contribution in [1.29, 1.82) is 0 Å². The standard InChI is InChI=1S/C14H15N3O/c1-10-2-4-12(5-3-10)17-14(18)11-6-7-16-13(8-11)9-15/h2-8H,9,15H2,1H3,(H,17,18). The van der Waals surface area contributed by atoms with Crippen LogP contribution in [-0.4, -0.2) is 10.9 Å². The molecule has 0 fully saturated rings. The van der Waals surface area contributed by atoms with Crippen LogP contribution < -0.4 is 11.1 Å². The number of nitrogens with two attached hydrogens (primary N) is 1. The summed E-state index contributed by atoms with van der Waals surface area (Å²) < 4.78 is 0. The predicted octanol–water partition coefficient (Wildman–Crippen LogP) is 2.10. The van der Waals surface area contributed by atoms with E-state index in [1.165, 1.54) is 0 Å². The molecule has 1 aromatic heterocycles. The highest BCUT2D eigenvalue weighted by Gasteiger charge is 2.06. The van der Waals surface area contributed by atoms with Crippen molar-refractivity contribution in [3.63, 3.8) is 0 Å². The van der Waals surface area contributed by atoms with E-state index < -0.39 is 0 Å². The highest BCUT2D eigenvalue weighted by molar-refractivity contribution is 6.04. The molecule has 1 heterocycles. The second kappa shape index (κ2) is 5.42. The SMILES string of the molecule is Cc1ccc(NC(=O)c2ccnc(CN)c2)cc1. The molecule has 0 radical (unpaired) electrons. The van der Waals surface area contributed by atoms with E-state index in [1.54, 1.807) is 18.3 Å². The fourth-order valence-corrected chi connectivity index (χ4v) is 1.57. The van der Waals surface area contributed by atoms with Crippen molar-refractivity contribution in [2.75, 3.05) is 5.32 Å². The Balaban J connectivity index is 2.14. The molecule has 0 bridgehead atoms. The quantitative estimate of drug-likeness (QED) is 0.864. The number of hydrogen-bond acceptors (Lipinski definition) is 3. The number of amides is 1. The van der Waals surface area contributed by atoms with Crippen molar-refractivity contribution in [2.45, 2.75) is 13.5 Å². The molecule has 3 N–H and O–H groups in total. The summed E-state index contributed by atoms with van der Waals surface area (Å²) in [6.45, 7) is 2.33. The van der Waals surface area contributed by atoms with E-state index in [9.17, 15) is 4.79 Å². The fourth-order valence-electron chi connectivity index (χ4n) is 1.57. The Morgan fingerprint density at radius 1 is 1.28 bits per heavy atom. The lowest BCUT2D eigenvalue weighted by atomic mass is 10.2. The lowest BCUT2D eigenvalue weighted by Gasteiger charge is -2.06. The molecule has 0 unspecified atom stereocenters. The summed E-state index contributed by atoms with van der Waals surface area (Å²) in [7, 11) is 0. The monoisotopic (exact) mass is 241 g/mol. The van der Waals surface area contributed by atoms with Gasteiger partial charge < -0.3 is 11.1 Å². The molecule has 0 saturated heterocycles. The molecule has 0 saturated carbocycles. The highest BCUT2D eigenvalue weighted by Crippen LogP contribution is 2.11. The zero-order valence-corrected chi connectivity index (χ0v) is 10.2. The Kier molecular flexibility index (Phi) is 3.69. The summed E-state index contributed by atoms with van der Waals surface area (Å²) in [5.74, 6) is -0.157. The topological polar surface area (TPSA) is 68.0 Å². The van der Waals surface area contributed by atoms with Gasteiger partial charge in [0.25, 0.3) is 5.91 Å². The van der Waals surface area contributed by atoms with Crippen LogP contribution >= 0.6 is 0 Å². The largest absolute Gasteiger partial charge is 0.325 e. The molecule has 4 heteroatoms. The minimum atomic E-state index is -0.157. The molecule has 2 aromatic rings. The van der Waals surface area contributed by atoms with Gasteiger partial charge in [-0.2, -0.15) is 0 Å². The second-order valence-electron chi connectivity index (χ2n) is 4.06. The molecular weight excluding hydrogens is 226 g/mol. The maximum atomic E-state index is 12.0. The van der Waals surface area contributed by atoms with Gasteiger partial charge in [-0.15, -0.1) is 0 Å². The number of nitrogens with one attached hydrogen (secondary N) is 1. The lowest BCUT2D eigenvalue weighted by molar-refractivity contribution is 0.102. The van der Waals surface area contributed by atoms with Crippen molar-refractivity contribution >= 4 is 11.6 Å². The van der Waals surface area contributed by atoms with Crippen LogP contribution in [0.1, 0.15) is 21.6 Å². The summed E-state index contributed by atoms with van der Waals surface area (Å²) in [4.78, 5) is 16.0. The van der Waals surface area contributed by atoms with Crippen LogP contribution in [0.2, 0.25) is 0 Å². The number of carbonyl (C=O) groups excluding carboxylic acids is 1. The number of rotatable bonds is 3. The minimum absolute atomic E-state index is 0.157. The molecule has 0 aliphatic carbocycles. The average molecular weight is 241 g/mol. The number of nitrogens with zero attached hydrogens (tertiary/aromatic N) is 1. The van der Waals surface area contributed by atoms with Crippen molar-refractivity contribution in [2.24, 2.45) is 5.73 Å². The molecule has 1 amide bonds. The number of benzene rings is 1. The van der Waals surface area contributed by atoms with Crippen LogP contribution in [0.15, 0.2) is 42.6 Å². The van der Waals surface area contributed by atoms with Gasteiger partial charge >= 0.3 is 0 Å². The molecule has 0 aliphatic heterocycles. The smallest absolute Gasteiger partial charge is 0.255 e. The van der Waals surface area contributed by atoms with Crippen LogP contribution in [0.5, 0.6) is 0 Å². The maximum absolute atomic E-state index is 12.0. The highest BCUT2D eigenvalue weighted by atomic mass is 16.1. The van der Waals surface area contributed by atoms with Gasteiger partial charge in [-0.25, -0.2) is 0 Å². The molecule has 4 nitrogen and oxygen atoms in total. The Morgan fingerprint density at radius 3 is 2.67 bits per heavy atom. The molecule has 0 spiro atoms. The summed E-state index contributed by atoms with van der Waals surface area (Å²) in [5.41, 5.74) is 8.69. The zero-order valence-electron chi connectivity index (χ0n) is 10.2. The molecule has 0 aliphatic rings. The number of pyridine rings is 1. The van der Waals surface area contributed by atoms with E-state index in [0.717, 1.165) is 11.3 Å². The first-order chi connectivity index (χ1) is 8.69. The maximum Gasteiger partial charge on any atom is 0.255 e. The molecule has 1 aromatic carbocycles. The zero-order chi connectivity index (χ0) is 13.0. The summed E-state index contributed by atoms with van der Waals surface area (Å²) in [6.07, 6.45) is 1.59. The minimum Gasteiger partial charge on any atom is -0.325 e. The van der Waals surface area contributed by atoms with Gasteiger partial charge in [0.15, 0.2) is 0 Å². The van der Waals surface area contributed by atoms with Gasteiger partial charge in [-0.05, 0) is 31.2 Å². The van der Waals surface area contributed by atoms with Crippen LogP contribution in [-0.2, 0) is 6.54 Å². The van der Waals surface area contributed by atoms with Gasteiger partial charge in [0, 0.05) is 24.0 Å². The Bertz CT molecular complexity index is 549. The first-order valence-electron chi connectivity index (χ1n) is 5.72. The molecule has 0 atom stereocenters. The van der Waals surface area contributed by atoms with Crippen LogP contribution in [0, 0.1) is 6.92 Å². The molecule has 92 valence electrons. The third kappa shape index (κ3) is 2.93. The van der Waals surface area contributed by atoms with Crippen LogP contribution in [0.3, 0.4) is 0 Å². The number of hydrogen-bond donors (Lipinski definition) is 2. The molecule has 2 rings (SSSR count). The summed E-state index contributed by atoms with van der Waals surface area (Å²) in [5, 5.41) is 2.83. The third-order valence-electron chi connectivity index (χ3n) is 2.60.